The van der Waals surface area contributed by atoms with Crippen molar-refractivity contribution in [3.63, 3.8) is 0 Å². The average molecular weight is 462 g/mol. The van der Waals surface area contributed by atoms with Gasteiger partial charge in [-0.05, 0) is 0 Å². The van der Waals surface area contributed by atoms with Crippen molar-refractivity contribution in [1.82, 2.24) is 4.98 Å². The highest BCUT2D eigenvalue weighted by Crippen LogP contribution is 2.41. The molecule has 7 nitrogen and oxygen atoms in total. The first-order valence-corrected chi connectivity index (χ1v) is 11.1. The largest absolute Gasteiger partial charge is 0.358 e. The Bertz CT molecular complexity index is 1440. The van der Waals surface area contributed by atoms with Crippen LogP contribution in [0.25, 0.3) is 20.9 Å². The summed E-state index contributed by atoms with van der Waals surface area (Å²) in [5.74, 6) is 0. The van der Waals surface area contributed by atoms with Crippen LogP contribution >= 0.6 is 23.1 Å². The molecule has 0 saturated heterocycles. The van der Waals surface area contributed by atoms with Crippen LogP contribution in [0.3, 0.4) is 0 Å². The average Bonchev–Trinajstić information content (AvgIpc) is 3.47. The molecule has 3 aromatic rings. The van der Waals surface area contributed by atoms with Crippen molar-refractivity contribution in [2.75, 3.05) is 0 Å². The van der Waals surface area contributed by atoms with Gasteiger partial charge < -0.3 is 0 Å². The number of nitriles is 2. The number of nitrogens with zero attached hydrogens (tertiary/aromatic N) is 7. The maximum Gasteiger partial charge on any atom is 0.358 e. The van der Waals surface area contributed by atoms with Crippen LogP contribution in [0.5, 0.6) is 0 Å². The zero-order chi connectivity index (χ0) is 23.2. The van der Waals surface area contributed by atoms with Crippen molar-refractivity contribution in [2.45, 2.75) is 6.04 Å². The topological polar surface area (TPSA) is 93.9 Å². The standard InChI is InChI=1S/C24H11N7S2/c1-27-17(13-25)21-29-19(15-9-5-3-6-10-15)23(32-21)31-24-20(16-11-7-4-8-12-16)30-22(33-24)18(14-26)28-2/h3-12,17H/b22-18-,31-24-. The minimum atomic E-state index is -1.02. The Morgan fingerprint density at radius 3 is 2.24 bits per heavy atom. The monoisotopic (exact) mass is 461 g/mol. The number of hydrogen-bond donors (Lipinski definition) is 0. The van der Waals surface area contributed by atoms with Gasteiger partial charge in [0, 0.05) is 11.1 Å². The van der Waals surface area contributed by atoms with E-state index in [2.05, 4.69) is 19.7 Å². The van der Waals surface area contributed by atoms with Gasteiger partial charge in [-0.1, -0.05) is 83.8 Å². The van der Waals surface area contributed by atoms with Crippen LogP contribution < -0.4 is 0 Å². The predicted molar refractivity (Wildman–Crippen MR) is 129 cm³/mol. The number of aliphatic imine (C=N–C) groups is 2. The number of rotatable bonds is 4. The lowest BCUT2D eigenvalue weighted by atomic mass is 10.1. The van der Waals surface area contributed by atoms with Crippen LogP contribution in [0.4, 0.5) is 5.00 Å². The fourth-order valence-corrected chi connectivity index (χ4v) is 4.84. The van der Waals surface area contributed by atoms with Gasteiger partial charge in [-0.15, -0.1) is 0 Å². The molecule has 1 aromatic heterocycles. The maximum atomic E-state index is 9.35. The molecular weight excluding hydrogens is 450 g/mol. The Morgan fingerprint density at radius 1 is 1.00 bits per heavy atom. The molecule has 1 unspecified atom stereocenters. The van der Waals surface area contributed by atoms with E-state index in [0.717, 1.165) is 22.9 Å². The third kappa shape index (κ3) is 4.42. The fourth-order valence-electron chi connectivity index (χ4n) is 2.93. The SMILES string of the molecule is [C-]#[N+]/C(C#N)=C1N=C(c2ccccc2)/C(=N/c2sc(C(C#N)[N+]#[C-])nc2-c2ccccc2)S/1. The molecule has 0 amide bonds. The van der Waals surface area contributed by atoms with Crippen LogP contribution in [0.1, 0.15) is 16.6 Å². The summed E-state index contributed by atoms with van der Waals surface area (Å²) in [6.07, 6.45) is 0. The smallest absolute Gasteiger partial charge is 0.289 e. The number of thioether (sulfide) groups is 1. The zero-order valence-corrected chi connectivity index (χ0v) is 18.4. The zero-order valence-electron chi connectivity index (χ0n) is 16.8. The molecule has 1 aliphatic rings. The van der Waals surface area contributed by atoms with Gasteiger partial charge in [-0.3, -0.25) is 4.85 Å². The van der Waals surface area contributed by atoms with Crippen molar-refractivity contribution < 1.29 is 0 Å². The third-order valence-corrected chi connectivity index (χ3v) is 6.40. The number of aromatic nitrogens is 1. The van der Waals surface area contributed by atoms with Gasteiger partial charge in [0.1, 0.15) is 26.5 Å². The number of benzene rings is 2. The Kier molecular flexibility index (Phi) is 6.39. The van der Waals surface area contributed by atoms with Crippen LogP contribution in [-0.4, -0.2) is 15.7 Å². The van der Waals surface area contributed by atoms with Crippen LogP contribution in [0.15, 0.2) is 81.4 Å². The van der Waals surface area contributed by atoms with Gasteiger partial charge in [0.2, 0.25) is 0 Å². The highest BCUT2D eigenvalue weighted by Gasteiger charge is 2.28. The van der Waals surface area contributed by atoms with Crippen molar-refractivity contribution in [1.29, 1.82) is 10.5 Å². The van der Waals surface area contributed by atoms with Gasteiger partial charge >= 0.3 is 6.04 Å². The summed E-state index contributed by atoms with van der Waals surface area (Å²) < 4.78 is 0. The molecule has 1 aliphatic heterocycles. The second-order valence-electron chi connectivity index (χ2n) is 6.46. The van der Waals surface area contributed by atoms with Crippen molar-refractivity contribution >= 4 is 38.9 Å². The molecule has 0 spiro atoms. The van der Waals surface area contributed by atoms with E-state index in [1.807, 2.05) is 72.8 Å². The van der Waals surface area contributed by atoms with Crippen molar-refractivity contribution in [2.24, 2.45) is 9.98 Å². The van der Waals surface area contributed by atoms with Gasteiger partial charge in [0.25, 0.3) is 5.70 Å². The summed E-state index contributed by atoms with van der Waals surface area (Å²) in [6.45, 7) is 14.6. The lowest BCUT2D eigenvalue weighted by Gasteiger charge is -2.03. The second-order valence-corrected chi connectivity index (χ2v) is 8.44. The quantitative estimate of drug-likeness (QED) is 0.343. The molecule has 0 saturated carbocycles. The van der Waals surface area contributed by atoms with Crippen molar-refractivity contribution in [3.05, 3.63) is 105 Å². The summed E-state index contributed by atoms with van der Waals surface area (Å²) in [5.41, 5.74) is 2.59. The molecule has 154 valence electrons. The van der Waals surface area contributed by atoms with Crippen LogP contribution in [0, 0.1) is 35.8 Å². The summed E-state index contributed by atoms with van der Waals surface area (Å²) in [6, 6.07) is 21.6. The van der Waals surface area contributed by atoms with E-state index in [4.69, 9.17) is 18.1 Å². The van der Waals surface area contributed by atoms with E-state index in [-0.39, 0.29) is 10.7 Å². The summed E-state index contributed by atoms with van der Waals surface area (Å²) in [4.78, 5) is 20.5. The molecule has 9 heteroatoms. The summed E-state index contributed by atoms with van der Waals surface area (Å²) >= 11 is 2.31. The molecule has 1 atom stereocenters. The third-order valence-electron chi connectivity index (χ3n) is 4.44. The van der Waals surface area contributed by atoms with E-state index in [1.165, 1.54) is 11.3 Å². The summed E-state index contributed by atoms with van der Waals surface area (Å²) in [5, 5.41) is 20.4. The lowest BCUT2D eigenvalue weighted by molar-refractivity contribution is 1.05. The molecule has 33 heavy (non-hydrogen) atoms. The Morgan fingerprint density at radius 2 is 1.67 bits per heavy atom. The molecule has 0 bridgehead atoms. The van der Waals surface area contributed by atoms with Gasteiger partial charge in [-0.2, -0.15) is 5.26 Å². The van der Waals surface area contributed by atoms with Crippen LogP contribution in [0.2, 0.25) is 0 Å². The normalized spacial score (nSPS) is 16.1. The summed E-state index contributed by atoms with van der Waals surface area (Å²) in [7, 11) is 0. The molecule has 0 fully saturated rings. The number of thiazole rings is 1. The predicted octanol–water partition coefficient (Wildman–Crippen LogP) is 6.17. The Labute approximate surface area is 198 Å². The molecule has 4 rings (SSSR count). The Balaban J connectivity index is 1.90. The first-order valence-electron chi connectivity index (χ1n) is 9.43. The van der Waals surface area contributed by atoms with E-state index < -0.39 is 6.04 Å². The maximum absolute atomic E-state index is 9.35. The van der Waals surface area contributed by atoms with Gasteiger partial charge in [0.15, 0.2) is 11.1 Å². The molecule has 0 aliphatic carbocycles. The molecular formula is C24H11N7S2. The highest BCUT2D eigenvalue weighted by molar-refractivity contribution is 8.19. The molecule has 2 heterocycles. The van der Waals surface area contributed by atoms with Crippen LogP contribution in [-0.2, 0) is 0 Å². The first-order chi connectivity index (χ1) is 16.2. The number of allylic oxidation sites excluding steroid dienone is 1. The molecule has 2 aromatic carbocycles. The Hall–Kier alpha value is -4.54. The van der Waals surface area contributed by atoms with E-state index >= 15 is 0 Å². The highest BCUT2D eigenvalue weighted by atomic mass is 32.2. The van der Waals surface area contributed by atoms with E-state index in [9.17, 15) is 10.5 Å². The molecule has 0 N–H and O–H groups in total. The fraction of sp³-hybridized carbons (Fsp3) is 0.0417. The number of hydrogen-bond acceptors (Lipinski definition) is 7. The van der Waals surface area contributed by atoms with E-state index in [0.29, 0.717) is 26.5 Å². The van der Waals surface area contributed by atoms with E-state index in [1.54, 1.807) is 0 Å². The minimum Gasteiger partial charge on any atom is -0.289 e. The first kappa shape index (κ1) is 21.7. The van der Waals surface area contributed by atoms with Crippen molar-refractivity contribution in [3.8, 4) is 23.4 Å². The lowest BCUT2D eigenvalue weighted by Crippen LogP contribution is -2.07. The van der Waals surface area contributed by atoms with Gasteiger partial charge in [-0.25, -0.2) is 31.6 Å². The molecule has 0 radical (unpaired) electrons. The minimum absolute atomic E-state index is 0.107. The van der Waals surface area contributed by atoms with Gasteiger partial charge in [0.05, 0.1) is 12.6 Å². The second kappa shape index (κ2) is 9.73.